The number of likely N-dealkylation sites (N-methyl/N-ethyl adjacent to an activating group) is 1. The van der Waals surface area contributed by atoms with E-state index in [0.29, 0.717) is 36.2 Å². The summed E-state index contributed by atoms with van der Waals surface area (Å²) in [6.07, 6.45) is 3.61. The maximum absolute atomic E-state index is 13.0. The summed E-state index contributed by atoms with van der Waals surface area (Å²) >= 11 is 0. The molecule has 3 N–H and O–H groups in total. The maximum atomic E-state index is 13.0. The van der Waals surface area contributed by atoms with E-state index in [1.807, 2.05) is 6.20 Å². The van der Waals surface area contributed by atoms with Gasteiger partial charge in [-0.1, -0.05) is 12.1 Å². The predicted molar refractivity (Wildman–Crippen MR) is 105 cm³/mol. The topological polar surface area (TPSA) is 108 Å². The number of anilines is 3. The van der Waals surface area contributed by atoms with Crippen molar-refractivity contribution in [3.05, 3.63) is 59.3 Å². The Labute approximate surface area is 166 Å². The Morgan fingerprint density at radius 3 is 2.79 bits per heavy atom. The van der Waals surface area contributed by atoms with Crippen molar-refractivity contribution in [1.29, 1.82) is 0 Å². The van der Waals surface area contributed by atoms with Crippen LogP contribution in [0, 0.1) is 5.82 Å². The molecule has 29 heavy (non-hydrogen) atoms. The van der Waals surface area contributed by atoms with E-state index in [4.69, 9.17) is 0 Å². The third-order valence-electron chi connectivity index (χ3n) is 4.52. The SMILES string of the molecule is CN1CC(=O)Nc2c(CO)nc(NCc3cnn(Cc4ccc(F)cc4)c3)nc21. The number of amides is 1. The summed E-state index contributed by atoms with van der Waals surface area (Å²) in [4.78, 5) is 22.2. The Morgan fingerprint density at radius 1 is 1.24 bits per heavy atom. The lowest BCUT2D eigenvalue weighted by atomic mass is 10.2. The van der Waals surface area contributed by atoms with Gasteiger partial charge in [0.25, 0.3) is 0 Å². The number of aliphatic hydroxyl groups is 1. The van der Waals surface area contributed by atoms with Crippen LogP contribution in [0.1, 0.15) is 16.8 Å². The largest absolute Gasteiger partial charge is 0.390 e. The highest BCUT2D eigenvalue weighted by molar-refractivity contribution is 6.00. The van der Waals surface area contributed by atoms with Crippen LogP contribution in [0.5, 0.6) is 0 Å². The van der Waals surface area contributed by atoms with Gasteiger partial charge in [-0.2, -0.15) is 10.1 Å². The average Bonchev–Trinajstić information content (AvgIpc) is 3.15. The molecule has 4 rings (SSSR count). The van der Waals surface area contributed by atoms with Gasteiger partial charge in [-0.15, -0.1) is 0 Å². The first kappa shape index (κ1) is 18.8. The molecule has 0 aliphatic carbocycles. The first-order valence-corrected chi connectivity index (χ1v) is 9.04. The van der Waals surface area contributed by atoms with Gasteiger partial charge in [0.15, 0.2) is 5.82 Å². The van der Waals surface area contributed by atoms with Crippen LogP contribution < -0.4 is 15.5 Å². The lowest BCUT2D eigenvalue weighted by Gasteiger charge is -2.27. The quantitative estimate of drug-likeness (QED) is 0.576. The van der Waals surface area contributed by atoms with Gasteiger partial charge in [0.1, 0.15) is 11.5 Å². The highest BCUT2D eigenvalue weighted by atomic mass is 19.1. The van der Waals surface area contributed by atoms with Crippen LogP contribution in [-0.2, 0) is 24.5 Å². The minimum Gasteiger partial charge on any atom is -0.390 e. The molecule has 0 radical (unpaired) electrons. The highest BCUT2D eigenvalue weighted by Gasteiger charge is 2.25. The molecule has 0 saturated heterocycles. The molecule has 1 amide bonds. The molecular weight excluding hydrogens is 377 g/mol. The van der Waals surface area contributed by atoms with Crippen molar-refractivity contribution in [2.45, 2.75) is 19.7 Å². The Morgan fingerprint density at radius 2 is 2.03 bits per heavy atom. The zero-order valence-electron chi connectivity index (χ0n) is 15.8. The normalized spacial score (nSPS) is 13.2. The van der Waals surface area contributed by atoms with Crippen LogP contribution in [0.25, 0.3) is 0 Å². The summed E-state index contributed by atoms with van der Waals surface area (Å²) < 4.78 is 14.8. The van der Waals surface area contributed by atoms with Gasteiger partial charge in [0, 0.05) is 25.4 Å². The Balaban J connectivity index is 1.45. The van der Waals surface area contributed by atoms with Gasteiger partial charge in [-0.25, -0.2) is 9.37 Å². The minimum absolute atomic E-state index is 0.174. The number of hydrogen-bond donors (Lipinski definition) is 3. The molecule has 3 heterocycles. The first-order valence-electron chi connectivity index (χ1n) is 9.04. The van der Waals surface area contributed by atoms with Crippen molar-refractivity contribution in [1.82, 2.24) is 19.7 Å². The monoisotopic (exact) mass is 397 g/mol. The third-order valence-corrected chi connectivity index (χ3v) is 4.52. The van der Waals surface area contributed by atoms with E-state index in [2.05, 4.69) is 25.7 Å². The summed E-state index contributed by atoms with van der Waals surface area (Å²) in [6.45, 7) is 0.839. The number of benzene rings is 1. The molecule has 10 heteroatoms. The molecule has 2 aromatic heterocycles. The second kappa shape index (κ2) is 7.84. The molecule has 0 saturated carbocycles. The second-order valence-corrected chi connectivity index (χ2v) is 6.78. The van der Waals surface area contributed by atoms with Crippen LogP contribution in [0.3, 0.4) is 0 Å². The number of hydrogen-bond acceptors (Lipinski definition) is 7. The van der Waals surface area contributed by atoms with Crippen LogP contribution in [0.15, 0.2) is 36.7 Å². The Bertz CT molecular complexity index is 1040. The van der Waals surface area contributed by atoms with E-state index in [1.165, 1.54) is 12.1 Å². The molecule has 9 nitrogen and oxygen atoms in total. The van der Waals surface area contributed by atoms with Gasteiger partial charge in [-0.3, -0.25) is 9.48 Å². The molecule has 150 valence electrons. The second-order valence-electron chi connectivity index (χ2n) is 6.78. The summed E-state index contributed by atoms with van der Waals surface area (Å²) in [5.41, 5.74) is 2.65. The predicted octanol–water partition coefficient (Wildman–Crippen LogP) is 1.35. The molecule has 0 atom stereocenters. The Kier molecular flexibility index (Phi) is 5.09. The smallest absolute Gasteiger partial charge is 0.244 e. The molecule has 3 aromatic rings. The number of aromatic nitrogens is 4. The molecule has 0 spiro atoms. The van der Waals surface area contributed by atoms with Crippen molar-refractivity contribution in [2.75, 3.05) is 29.1 Å². The van der Waals surface area contributed by atoms with Crippen molar-refractivity contribution in [3.8, 4) is 0 Å². The molecule has 0 bridgehead atoms. The molecule has 1 aliphatic rings. The molecule has 1 aromatic carbocycles. The van der Waals surface area contributed by atoms with E-state index >= 15 is 0 Å². The highest BCUT2D eigenvalue weighted by Crippen LogP contribution is 2.30. The average molecular weight is 397 g/mol. The van der Waals surface area contributed by atoms with Gasteiger partial charge in [0.2, 0.25) is 11.9 Å². The minimum atomic E-state index is -0.316. The van der Waals surface area contributed by atoms with Crippen LogP contribution in [0.4, 0.5) is 21.8 Å². The number of nitrogens with one attached hydrogen (secondary N) is 2. The summed E-state index contributed by atoms with van der Waals surface area (Å²) in [6, 6.07) is 6.29. The van der Waals surface area contributed by atoms with E-state index < -0.39 is 0 Å². The number of carbonyl (C=O) groups excluding carboxylic acids is 1. The summed E-state index contributed by atoms with van der Waals surface area (Å²) in [7, 11) is 1.76. The van der Waals surface area contributed by atoms with E-state index in [-0.39, 0.29) is 24.9 Å². The lowest BCUT2D eigenvalue weighted by molar-refractivity contribution is -0.115. The van der Waals surface area contributed by atoms with Gasteiger partial charge < -0.3 is 20.6 Å². The maximum Gasteiger partial charge on any atom is 0.244 e. The standard InChI is InChI=1S/C19H20FN7O2/c1-26-10-16(29)24-17-15(11-28)23-19(25-18(17)26)21-6-13-7-22-27(9-13)8-12-2-4-14(20)5-3-12/h2-5,7,9,28H,6,8,10-11H2,1H3,(H,24,29)(H,21,23,25). The van der Waals surface area contributed by atoms with Crippen molar-refractivity contribution < 1.29 is 14.3 Å². The lowest BCUT2D eigenvalue weighted by Crippen LogP contribution is -2.37. The zero-order valence-corrected chi connectivity index (χ0v) is 15.8. The molecular formula is C19H20FN7O2. The fraction of sp³-hybridized carbons (Fsp3) is 0.263. The van der Waals surface area contributed by atoms with Crippen molar-refractivity contribution in [2.24, 2.45) is 0 Å². The fourth-order valence-electron chi connectivity index (χ4n) is 3.10. The molecule has 1 aliphatic heterocycles. The van der Waals surface area contributed by atoms with E-state index in [1.54, 1.807) is 35.0 Å². The van der Waals surface area contributed by atoms with Gasteiger partial charge in [-0.05, 0) is 17.7 Å². The van der Waals surface area contributed by atoms with E-state index in [0.717, 1.165) is 11.1 Å². The van der Waals surface area contributed by atoms with Gasteiger partial charge >= 0.3 is 0 Å². The van der Waals surface area contributed by atoms with Crippen LogP contribution in [0.2, 0.25) is 0 Å². The first-order chi connectivity index (χ1) is 14.0. The summed E-state index contributed by atoms with van der Waals surface area (Å²) in [5.74, 6) is 0.462. The zero-order chi connectivity index (χ0) is 20.4. The number of carbonyl (C=O) groups is 1. The number of fused-ring (bicyclic) bond motifs is 1. The molecule has 0 unspecified atom stereocenters. The van der Waals surface area contributed by atoms with Crippen LogP contribution >= 0.6 is 0 Å². The number of halogens is 1. The van der Waals surface area contributed by atoms with E-state index in [9.17, 15) is 14.3 Å². The fourth-order valence-corrected chi connectivity index (χ4v) is 3.10. The molecule has 0 fully saturated rings. The van der Waals surface area contributed by atoms with Gasteiger partial charge in [0.05, 0.1) is 31.6 Å². The van der Waals surface area contributed by atoms with Crippen molar-refractivity contribution in [3.63, 3.8) is 0 Å². The van der Waals surface area contributed by atoms with Crippen molar-refractivity contribution >= 4 is 23.4 Å². The number of aliphatic hydroxyl groups excluding tert-OH is 1. The number of nitrogens with zero attached hydrogens (tertiary/aromatic N) is 5. The summed E-state index contributed by atoms with van der Waals surface area (Å²) in [5, 5.41) is 19.8. The Hall–Kier alpha value is -3.53. The van der Waals surface area contributed by atoms with Crippen LogP contribution in [-0.4, -0.2) is 44.4 Å². The number of rotatable bonds is 6. The third kappa shape index (κ3) is 4.16.